The number of anilines is 1. The van der Waals surface area contributed by atoms with Crippen LogP contribution in [0.1, 0.15) is 0 Å². The number of aliphatic carboxylic acids is 1. The summed E-state index contributed by atoms with van der Waals surface area (Å²) in [4.78, 5) is 14.2. The van der Waals surface area contributed by atoms with Crippen LogP contribution in [0.25, 0.3) is 11.1 Å². The van der Waals surface area contributed by atoms with E-state index in [1.807, 2.05) is 0 Å². The number of nitrogens with one attached hydrogen (secondary N) is 1. The summed E-state index contributed by atoms with van der Waals surface area (Å²) >= 11 is 24.1. The Kier molecular flexibility index (Phi) is 6.77. The highest BCUT2D eigenvalue weighted by atomic mass is 35.5. The van der Waals surface area contributed by atoms with Crippen LogP contribution in [0.3, 0.4) is 0 Å². The van der Waals surface area contributed by atoms with E-state index in [0.29, 0.717) is 16.1 Å². The zero-order chi connectivity index (χ0) is 22.0. The summed E-state index contributed by atoms with van der Waals surface area (Å²) in [5.41, 5.74) is 0.909. The van der Waals surface area contributed by atoms with Crippen LogP contribution in [0.4, 0.5) is 10.2 Å². The molecule has 1 aromatic heterocycles. The van der Waals surface area contributed by atoms with Crippen molar-refractivity contribution >= 4 is 58.2 Å². The number of halogens is 5. The third kappa shape index (κ3) is 4.82. The lowest BCUT2D eigenvalue weighted by Crippen LogP contribution is -2.14. The largest absolute Gasteiger partial charge is 0.507 e. The molecule has 30 heavy (non-hydrogen) atoms. The molecule has 0 aliphatic carbocycles. The normalized spacial score (nSPS) is 10.7. The zero-order valence-corrected chi connectivity index (χ0v) is 17.7. The van der Waals surface area contributed by atoms with Crippen LogP contribution in [-0.4, -0.2) is 27.7 Å². The topological polar surface area (TPSA) is 91.7 Å². The first kappa shape index (κ1) is 22.2. The number of ether oxygens (including phenoxy) is 1. The van der Waals surface area contributed by atoms with Gasteiger partial charge in [-0.3, -0.25) is 4.79 Å². The van der Waals surface area contributed by atoms with E-state index >= 15 is 0 Å². The van der Waals surface area contributed by atoms with Crippen molar-refractivity contribution in [2.75, 3.05) is 11.9 Å². The first-order valence-electron chi connectivity index (χ1n) is 8.13. The predicted molar refractivity (Wildman–Crippen MR) is 114 cm³/mol. The lowest BCUT2D eigenvalue weighted by molar-refractivity contribution is -0.134. The minimum absolute atomic E-state index is 0.0670. The van der Waals surface area contributed by atoms with E-state index in [4.69, 9.17) is 56.2 Å². The van der Waals surface area contributed by atoms with E-state index in [1.54, 1.807) is 18.2 Å². The third-order valence-corrected chi connectivity index (χ3v) is 5.24. The van der Waals surface area contributed by atoms with Crippen LogP contribution < -0.4 is 10.1 Å². The number of rotatable bonds is 6. The van der Waals surface area contributed by atoms with E-state index in [2.05, 4.69) is 10.3 Å². The number of carboxylic acids is 1. The van der Waals surface area contributed by atoms with Crippen LogP contribution in [0.15, 0.2) is 36.4 Å². The molecule has 3 aromatic rings. The Hall–Kier alpha value is -2.45. The van der Waals surface area contributed by atoms with Gasteiger partial charge in [-0.05, 0) is 35.9 Å². The molecule has 0 bridgehead atoms. The molecule has 3 N–H and O–H groups in total. The second kappa shape index (κ2) is 9.14. The molecule has 11 heteroatoms. The fourth-order valence-electron chi connectivity index (χ4n) is 2.45. The van der Waals surface area contributed by atoms with E-state index < -0.39 is 23.5 Å². The maximum absolute atomic E-state index is 14.1. The van der Waals surface area contributed by atoms with Crippen molar-refractivity contribution in [3.05, 3.63) is 62.4 Å². The third-order valence-electron chi connectivity index (χ3n) is 3.82. The smallest absolute Gasteiger partial charge is 0.322 e. The van der Waals surface area contributed by atoms with Crippen LogP contribution in [0, 0.1) is 5.95 Å². The fraction of sp³-hybridized carbons (Fsp3) is 0.0526. The second-order valence-electron chi connectivity index (χ2n) is 5.87. The summed E-state index contributed by atoms with van der Waals surface area (Å²) in [5, 5.41) is 21.3. The molecular formula is C19H11Cl4FN2O4. The average Bonchev–Trinajstić information content (AvgIpc) is 2.70. The van der Waals surface area contributed by atoms with Crippen molar-refractivity contribution in [2.45, 2.75) is 0 Å². The highest BCUT2D eigenvalue weighted by Gasteiger charge is 2.21. The number of nitrogens with zero attached hydrogens (tertiary/aromatic N) is 1. The molecule has 0 amide bonds. The lowest BCUT2D eigenvalue weighted by atomic mass is 10.0. The number of carbonyl (C=O) groups is 1. The molecule has 156 valence electrons. The molecule has 6 nitrogen and oxygen atoms in total. The molecule has 0 unspecified atom stereocenters. The first-order chi connectivity index (χ1) is 14.2. The monoisotopic (exact) mass is 490 g/mol. The predicted octanol–water partition coefficient (Wildman–Crippen LogP) is 6.50. The fourth-order valence-corrected chi connectivity index (χ4v) is 3.22. The average molecular weight is 492 g/mol. The molecule has 0 atom stereocenters. The molecule has 3 rings (SSSR count). The maximum Gasteiger partial charge on any atom is 0.322 e. The maximum atomic E-state index is 14.1. The van der Waals surface area contributed by atoms with Crippen LogP contribution >= 0.6 is 46.4 Å². The SMILES string of the molecule is O=C(O)CNc1nc(F)c(Cl)c(Oc2ccc(O)c(-c3ccc(Cl)c(Cl)c3)c2)c1Cl. The number of aromatic nitrogens is 1. The van der Waals surface area contributed by atoms with Crippen LogP contribution in [0.5, 0.6) is 17.2 Å². The molecule has 0 saturated carbocycles. The highest BCUT2D eigenvalue weighted by Crippen LogP contribution is 2.43. The van der Waals surface area contributed by atoms with E-state index in [0.717, 1.165) is 0 Å². The summed E-state index contributed by atoms with van der Waals surface area (Å²) in [5.74, 6) is -2.73. The summed E-state index contributed by atoms with van der Waals surface area (Å²) in [6.07, 6.45) is 0. The Morgan fingerprint density at radius 1 is 1.07 bits per heavy atom. The lowest BCUT2D eigenvalue weighted by Gasteiger charge is -2.14. The molecule has 0 radical (unpaired) electrons. The summed E-state index contributed by atoms with van der Waals surface area (Å²) in [6.45, 7) is -0.548. The summed E-state index contributed by atoms with van der Waals surface area (Å²) in [6, 6.07) is 9.00. The van der Waals surface area contributed by atoms with Crippen LogP contribution in [0.2, 0.25) is 20.1 Å². The number of phenolic OH excluding ortho intramolecular Hbond substituents is 1. The molecule has 1 heterocycles. The number of benzene rings is 2. The van der Waals surface area contributed by atoms with Gasteiger partial charge in [0.05, 0.1) is 10.0 Å². The van der Waals surface area contributed by atoms with Gasteiger partial charge in [0.25, 0.3) is 0 Å². The van der Waals surface area contributed by atoms with Gasteiger partial charge in [-0.2, -0.15) is 9.37 Å². The van der Waals surface area contributed by atoms with Crippen molar-refractivity contribution in [2.24, 2.45) is 0 Å². The molecule has 0 spiro atoms. The first-order valence-corrected chi connectivity index (χ1v) is 9.65. The van der Waals surface area contributed by atoms with Crippen molar-refractivity contribution in [3.8, 4) is 28.4 Å². The Labute approximate surface area is 189 Å². The van der Waals surface area contributed by atoms with E-state index in [1.165, 1.54) is 18.2 Å². The van der Waals surface area contributed by atoms with Crippen molar-refractivity contribution in [1.82, 2.24) is 4.98 Å². The Bertz CT molecular complexity index is 1140. The van der Waals surface area contributed by atoms with Crippen molar-refractivity contribution in [3.63, 3.8) is 0 Å². The highest BCUT2D eigenvalue weighted by molar-refractivity contribution is 6.42. The van der Waals surface area contributed by atoms with Gasteiger partial charge in [0.2, 0.25) is 5.95 Å². The second-order valence-corrected chi connectivity index (χ2v) is 7.44. The van der Waals surface area contributed by atoms with Gasteiger partial charge in [-0.1, -0.05) is 52.5 Å². The van der Waals surface area contributed by atoms with Crippen molar-refractivity contribution < 1.29 is 24.1 Å². The van der Waals surface area contributed by atoms with Gasteiger partial charge >= 0.3 is 5.97 Å². The van der Waals surface area contributed by atoms with Gasteiger partial charge in [0.15, 0.2) is 11.6 Å². The zero-order valence-electron chi connectivity index (χ0n) is 14.7. The molecule has 0 aliphatic heterocycles. The number of hydrogen-bond donors (Lipinski definition) is 3. The molecule has 0 aliphatic rings. The molecular weight excluding hydrogens is 481 g/mol. The van der Waals surface area contributed by atoms with E-state index in [9.17, 15) is 14.3 Å². The molecule has 2 aromatic carbocycles. The number of phenols is 1. The van der Waals surface area contributed by atoms with Gasteiger partial charge in [-0.25, -0.2) is 0 Å². The Balaban J connectivity index is 2.00. The minimum Gasteiger partial charge on any atom is -0.507 e. The van der Waals surface area contributed by atoms with Gasteiger partial charge in [0.1, 0.15) is 28.1 Å². The summed E-state index contributed by atoms with van der Waals surface area (Å²) < 4.78 is 19.7. The Morgan fingerprint density at radius 3 is 2.47 bits per heavy atom. The molecule has 0 saturated heterocycles. The quantitative estimate of drug-likeness (QED) is 0.341. The molecule has 0 fully saturated rings. The van der Waals surface area contributed by atoms with Gasteiger partial charge in [0, 0.05) is 5.56 Å². The van der Waals surface area contributed by atoms with Gasteiger partial charge in [-0.15, -0.1) is 0 Å². The van der Waals surface area contributed by atoms with Crippen LogP contribution in [-0.2, 0) is 4.79 Å². The van der Waals surface area contributed by atoms with E-state index in [-0.39, 0.29) is 33.1 Å². The van der Waals surface area contributed by atoms with Gasteiger partial charge < -0.3 is 20.3 Å². The number of carboxylic acid groups (broad SMARTS) is 1. The number of pyridine rings is 1. The van der Waals surface area contributed by atoms with Crippen molar-refractivity contribution in [1.29, 1.82) is 0 Å². The standard InChI is InChI=1S/C19H11Cl4FN2O4/c20-11-3-1-8(5-12(11)21)10-6-9(2-4-13(10)27)30-17-15(22)18(24)26-19(16(17)23)25-7-14(28)29/h1-6,27H,7H2,(H,25,26)(H,28,29). The number of hydrogen-bond acceptors (Lipinski definition) is 5. The minimum atomic E-state index is -1.20. The Morgan fingerprint density at radius 2 is 1.80 bits per heavy atom. The number of aromatic hydroxyl groups is 1. The summed E-state index contributed by atoms with van der Waals surface area (Å²) in [7, 11) is 0.